The first-order valence-corrected chi connectivity index (χ1v) is 7.91. The lowest BCUT2D eigenvalue weighted by molar-refractivity contribution is 0.0364. The highest BCUT2D eigenvalue weighted by Crippen LogP contribution is 2.38. The van der Waals surface area contributed by atoms with E-state index in [0.717, 1.165) is 11.1 Å². The van der Waals surface area contributed by atoms with Crippen LogP contribution in [0.1, 0.15) is 37.6 Å². The molecule has 0 bridgehead atoms. The van der Waals surface area contributed by atoms with Crippen LogP contribution in [-0.4, -0.2) is 17.5 Å². The lowest BCUT2D eigenvalue weighted by Crippen LogP contribution is -2.29. The minimum Gasteiger partial charge on any atom is -0.355 e. The van der Waals surface area contributed by atoms with E-state index >= 15 is 0 Å². The van der Waals surface area contributed by atoms with E-state index in [1.807, 2.05) is 13.8 Å². The summed E-state index contributed by atoms with van der Waals surface area (Å²) >= 11 is 4.35. The largest absolute Gasteiger partial charge is 0.355 e. The van der Waals surface area contributed by atoms with Gasteiger partial charge in [-0.1, -0.05) is 19.9 Å². The maximum absolute atomic E-state index is 14.3. The minimum atomic E-state index is -1.06. The Bertz CT molecular complexity index is 768. The molecule has 1 aliphatic rings. The fourth-order valence-electron chi connectivity index (χ4n) is 2.36. The number of hydroxylamine groups is 1. The third-order valence-electron chi connectivity index (χ3n) is 3.64. The number of amides is 1. The van der Waals surface area contributed by atoms with Crippen molar-refractivity contribution >= 4 is 24.2 Å². The molecule has 1 amide bonds. The molecule has 0 unspecified atom stereocenters. The number of H-pyrrole nitrogens is 1. The van der Waals surface area contributed by atoms with Crippen LogP contribution in [0.3, 0.4) is 0 Å². The van der Waals surface area contributed by atoms with Crippen molar-refractivity contribution in [2.75, 3.05) is 11.9 Å². The summed E-state index contributed by atoms with van der Waals surface area (Å²) in [6, 6.07) is 0. The van der Waals surface area contributed by atoms with Crippen LogP contribution in [0, 0.1) is 11.2 Å². The zero-order valence-corrected chi connectivity index (χ0v) is 14.6. The van der Waals surface area contributed by atoms with Crippen LogP contribution in [0.2, 0.25) is 0 Å². The molecule has 1 aromatic heterocycles. The van der Waals surface area contributed by atoms with Gasteiger partial charge in [0.2, 0.25) is 5.82 Å². The van der Waals surface area contributed by atoms with Crippen molar-refractivity contribution in [2.45, 2.75) is 27.2 Å². The monoisotopic (exact) mass is 353 g/mol. The Labute approximate surface area is 144 Å². The molecule has 8 heteroatoms. The molecule has 1 aliphatic carbocycles. The third kappa shape index (κ3) is 3.88. The van der Waals surface area contributed by atoms with Crippen molar-refractivity contribution < 1.29 is 14.0 Å². The Balaban J connectivity index is 2.44. The molecule has 0 atom stereocenters. The molecule has 3 N–H and O–H groups in total. The van der Waals surface area contributed by atoms with Gasteiger partial charge in [0.1, 0.15) is 0 Å². The summed E-state index contributed by atoms with van der Waals surface area (Å²) in [6.45, 7) is 5.87. The van der Waals surface area contributed by atoms with Gasteiger partial charge >= 0.3 is 0 Å². The van der Waals surface area contributed by atoms with E-state index in [-0.39, 0.29) is 23.3 Å². The summed E-state index contributed by atoms with van der Waals surface area (Å²) in [5.74, 6) is -1.72. The summed E-state index contributed by atoms with van der Waals surface area (Å²) < 4.78 is 14.3. The van der Waals surface area contributed by atoms with Gasteiger partial charge in [-0.3, -0.25) is 14.4 Å². The molecule has 0 spiro atoms. The second kappa shape index (κ2) is 7.23. The number of allylic oxidation sites excluding steroid dienone is 4. The average Bonchev–Trinajstić information content (AvgIpc) is 2.51. The van der Waals surface area contributed by atoms with Crippen LogP contribution < -0.4 is 16.4 Å². The Kier molecular flexibility index (Phi) is 5.51. The van der Waals surface area contributed by atoms with E-state index < -0.39 is 17.3 Å². The molecule has 0 saturated heterocycles. The molecule has 24 heavy (non-hydrogen) atoms. The number of thiol groups is 1. The van der Waals surface area contributed by atoms with Crippen LogP contribution in [-0.2, 0) is 4.84 Å². The standard InChI is InChI=1S/C16H20FN3O3S/c1-4-23-20-14(21)10-8-18-15(22)12(17)13(10)19-11-6-5-9(24)7-16(11,2)3/h5-6,8,24H,4,7H2,1-3H3,(H,20,21)(H2,18,19,22). The zero-order valence-electron chi connectivity index (χ0n) is 13.7. The van der Waals surface area contributed by atoms with Gasteiger partial charge in [-0.15, -0.1) is 12.6 Å². The van der Waals surface area contributed by atoms with E-state index in [1.54, 1.807) is 19.1 Å². The van der Waals surface area contributed by atoms with Gasteiger partial charge in [0, 0.05) is 17.3 Å². The number of aromatic nitrogens is 1. The lowest BCUT2D eigenvalue weighted by Gasteiger charge is -2.32. The number of hydrogen-bond acceptors (Lipinski definition) is 5. The quantitative estimate of drug-likeness (QED) is 0.485. The molecule has 0 aliphatic heterocycles. The number of hydrogen-bond donors (Lipinski definition) is 4. The first-order chi connectivity index (χ1) is 11.3. The van der Waals surface area contributed by atoms with Gasteiger partial charge in [-0.05, 0) is 24.3 Å². The normalized spacial score (nSPS) is 16.2. The predicted octanol–water partition coefficient (Wildman–Crippen LogP) is 2.73. The Morgan fingerprint density at radius 2 is 2.17 bits per heavy atom. The van der Waals surface area contributed by atoms with Crippen molar-refractivity contribution in [3.05, 3.63) is 50.7 Å². The van der Waals surface area contributed by atoms with Crippen LogP contribution >= 0.6 is 12.6 Å². The summed E-state index contributed by atoms with van der Waals surface area (Å²) in [4.78, 5) is 31.7. The molecule has 6 nitrogen and oxygen atoms in total. The number of carbonyl (C=O) groups is 1. The van der Waals surface area contributed by atoms with Crippen LogP contribution in [0.4, 0.5) is 10.1 Å². The minimum absolute atomic E-state index is 0.0575. The van der Waals surface area contributed by atoms with Gasteiger partial charge in [0.15, 0.2) is 0 Å². The highest BCUT2D eigenvalue weighted by atomic mass is 32.1. The molecule has 0 aromatic carbocycles. The number of nitrogens with one attached hydrogen (secondary N) is 3. The first kappa shape index (κ1) is 18.3. The van der Waals surface area contributed by atoms with Crippen molar-refractivity contribution in [1.82, 2.24) is 10.5 Å². The van der Waals surface area contributed by atoms with Crippen LogP contribution in [0.15, 0.2) is 33.7 Å². The molecule has 130 valence electrons. The van der Waals surface area contributed by atoms with Crippen molar-refractivity contribution in [3.63, 3.8) is 0 Å². The first-order valence-electron chi connectivity index (χ1n) is 7.47. The van der Waals surface area contributed by atoms with Crippen LogP contribution in [0.5, 0.6) is 0 Å². The maximum Gasteiger partial charge on any atom is 0.286 e. The van der Waals surface area contributed by atoms with Crippen molar-refractivity contribution in [3.8, 4) is 0 Å². The van der Waals surface area contributed by atoms with E-state index in [1.165, 1.54) is 0 Å². The number of anilines is 1. The second-order valence-corrected chi connectivity index (χ2v) is 6.58. The highest BCUT2D eigenvalue weighted by molar-refractivity contribution is 7.84. The Morgan fingerprint density at radius 1 is 1.46 bits per heavy atom. The smallest absolute Gasteiger partial charge is 0.286 e. The topological polar surface area (TPSA) is 83.2 Å². The van der Waals surface area contributed by atoms with Gasteiger partial charge < -0.3 is 10.3 Å². The number of carbonyl (C=O) groups excluding carboxylic acids is 1. The second-order valence-electron chi connectivity index (χ2n) is 6.01. The Hall–Kier alpha value is -2.06. The fourth-order valence-corrected chi connectivity index (χ4v) is 2.83. The summed E-state index contributed by atoms with van der Waals surface area (Å²) in [6.07, 6.45) is 5.36. The molecule has 0 saturated carbocycles. The van der Waals surface area contributed by atoms with Gasteiger partial charge in [-0.25, -0.2) is 5.48 Å². The van der Waals surface area contributed by atoms with E-state index in [4.69, 9.17) is 4.84 Å². The van der Waals surface area contributed by atoms with Gasteiger partial charge in [-0.2, -0.15) is 4.39 Å². The molecular formula is C16H20FN3O3S. The van der Waals surface area contributed by atoms with Gasteiger partial charge in [0.05, 0.1) is 17.9 Å². The number of rotatable bonds is 5. The van der Waals surface area contributed by atoms with Gasteiger partial charge in [0.25, 0.3) is 11.5 Å². The number of pyridine rings is 1. The fraction of sp³-hybridized carbons (Fsp3) is 0.375. The van der Waals surface area contributed by atoms with Crippen molar-refractivity contribution in [1.29, 1.82) is 0 Å². The predicted molar refractivity (Wildman–Crippen MR) is 93.3 cm³/mol. The molecular weight excluding hydrogens is 333 g/mol. The number of aromatic amines is 1. The average molecular weight is 353 g/mol. The maximum atomic E-state index is 14.3. The van der Waals surface area contributed by atoms with E-state index in [2.05, 4.69) is 28.4 Å². The number of halogens is 1. The molecule has 1 aromatic rings. The molecule has 2 rings (SSSR count). The summed E-state index contributed by atoms with van der Waals surface area (Å²) in [7, 11) is 0. The van der Waals surface area contributed by atoms with E-state index in [9.17, 15) is 14.0 Å². The van der Waals surface area contributed by atoms with E-state index in [0.29, 0.717) is 12.1 Å². The third-order valence-corrected chi connectivity index (χ3v) is 3.95. The Morgan fingerprint density at radius 3 is 2.79 bits per heavy atom. The lowest BCUT2D eigenvalue weighted by atomic mass is 9.82. The molecule has 0 fully saturated rings. The molecule has 1 heterocycles. The van der Waals surface area contributed by atoms with Crippen LogP contribution in [0.25, 0.3) is 0 Å². The highest BCUT2D eigenvalue weighted by Gasteiger charge is 2.29. The zero-order chi connectivity index (χ0) is 17.9. The van der Waals surface area contributed by atoms with Crippen molar-refractivity contribution in [2.24, 2.45) is 5.41 Å². The summed E-state index contributed by atoms with van der Waals surface area (Å²) in [5.41, 5.74) is 1.35. The SMILES string of the molecule is CCONC(=O)c1c[nH]c(=O)c(F)c1NC1=CC=C(S)CC1(C)C. The molecule has 0 radical (unpaired) electrons. The summed E-state index contributed by atoms with van der Waals surface area (Å²) in [5, 5.41) is 2.90.